The van der Waals surface area contributed by atoms with E-state index in [-0.39, 0.29) is 43.2 Å². The first-order chi connectivity index (χ1) is 13.8. The summed E-state index contributed by atoms with van der Waals surface area (Å²) in [5.41, 5.74) is 2.12. The van der Waals surface area contributed by atoms with Gasteiger partial charge in [-0.05, 0) is 43.8 Å². The third-order valence-electron chi connectivity index (χ3n) is 4.75. The Balaban J connectivity index is 0.00000450. The van der Waals surface area contributed by atoms with Gasteiger partial charge < -0.3 is 15.3 Å². The maximum atomic E-state index is 12.5. The van der Waals surface area contributed by atoms with E-state index in [0.29, 0.717) is 17.8 Å². The van der Waals surface area contributed by atoms with Gasteiger partial charge in [-0.15, -0.1) is 12.4 Å². The number of carboxylic acids is 1. The molecule has 0 spiro atoms. The van der Waals surface area contributed by atoms with Crippen LogP contribution in [0.4, 0.5) is 5.69 Å². The molecule has 2 rings (SSSR count). The quantitative estimate of drug-likeness (QED) is 0.633. The number of carboxylic acid groups (broad SMARTS) is 1. The minimum Gasteiger partial charge on any atom is -0.481 e. The van der Waals surface area contributed by atoms with E-state index < -0.39 is 5.97 Å². The molecule has 1 atom stereocenters. The first-order valence-electron chi connectivity index (χ1n) is 9.40. The molecule has 0 radical (unpaired) electrons. The number of hydrogen-bond donors (Lipinski definition) is 2. The zero-order chi connectivity index (χ0) is 21.4. The number of amides is 2. The summed E-state index contributed by atoms with van der Waals surface area (Å²) in [4.78, 5) is 38.8. The molecule has 0 saturated carbocycles. The number of benzene rings is 2. The summed E-state index contributed by atoms with van der Waals surface area (Å²) >= 11 is 0. The van der Waals surface area contributed by atoms with E-state index in [4.69, 9.17) is 5.11 Å². The molecule has 30 heavy (non-hydrogen) atoms. The van der Waals surface area contributed by atoms with Gasteiger partial charge in [0.25, 0.3) is 5.91 Å². The second-order valence-corrected chi connectivity index (χ2v) is 7.01. The summed E-state index contributed by atoms with van der Waals surface area (Å²) in [6.45, 7) is 2.36. The maximum absolute atomic E-state index is 12.5. The smallest absolute Gasteiger partial charge is 0.304 e. The molecule has 1 unspecified atom stereocenters. The second kappa shape index (κ2) is 11.9. The van der Waals surface area contributed by atoms with Crippen molar-refractivity contribution in [3.63, 3.8) is 0 Å². The van der Waals surface area contributed by atoms with Crippen molar-refractivity contribution in [2.24, 2.45) is 0 Å². The van der Waals surface area contributed by atoms with Gasteiger partial charge in [0.2, 0.25) is 5.91 Å². The zero-order valence-corrected chi connectivity index (χ0v) is 18.2. The van der Waals surface area contributed by atoms with Gasteiger partial charge in [0, 0.05) is 24.8 Å². The van der Waals surface area contributed by atoms with Gasteiger partial charge in [0.15, 0.2) is 0 Å². The van der Waals surface area contributed by atoms with Crippen LogP contribution in [0.3, 0.4) is 0 Å². The first kappa shape index (κ1) is 25.1. The molecule has 0 aromatic heterocycles. The minimum absolute atomic E-state index is 0. The molecule has 8 heteroatoms. The summed E-state index contributed by atoms with van der Waals surface area (Å²) in [6, 6.07) is 16.1. The van der Waals surface area contributed by atoms with Crippen molar-refractivity contribution in [1.29, 1.82) is 0 Å². The Morgan fingerprint density at radius 1 is 1.03 bits per heavy atom. The Labute approximate surface area is 183 Å². The Bertz CT molecular complexity index is 860. The van der Waals surface area contributed by atoms with Crippen molar-refractivity contribution in [2.75, 3.05) is 32.5 Å². The van der Waals surface area contributed by atoms with Gasteiger partial charge in [0.1, 0.15) is 0 Å². The fraction of sp³-hybridized carbons (Fsp3) is 0.318. The van der Waals surface area contributed by atoms with Gasteiger partial charge in [0.05, 0.1) is 19.0 Å². The van der Waals surface area contributed by atoms with Gasteiger partial charge in [-0.3, -0.25) is 19.3 Å². The maximum Gasteiger partial charge on any atom is 0.304 e. The van der Waals surface area contributed by atoms with Crippen LogP contribution in [0.25, 0.3) is 0 Å². The van der Waals surface area contributed by atoms with E-state index in [1.165, 1.54) is 0 Å². The number of carbonyl (C=O) groups excluding carboxylic acids is 2. The van der Waals surface area contributed by atoms with Gasteiger partial charge in [-0.25, -0.2) is 0 Å². The standard InChI is InChI=1S/C22H27N3O4.ClH/c1-16(25(3)20(26)15-24(2)13-12-21(27)28)18-10-7-11-19(14-18)23-22(29)17-8-5-4-6-9-17;/h4-11,14,16H,12-13,15H2,1-3H3,(H,23,29)(H,27,28);1H. The number of aliphatic carboxylic acids is 1. The van der Waals surface area contributed by atoms with Crippen molar-refractivity contribution in [1.82, 2.24) is 9.80 Å². The van der Waals surface area contributed by atoms with E-state index in [2.05, 4.69) is 5.32 Å². The number of anilines is 1. The topological polar surface area (TPSA) is 90.0 Å². The molecule has 0 aliphatic rings. The highest BCUT2D eigenvalue weighted by molar-refractivity contribution is 6.04. The summed E-state index contributed by atoms with van der Waals surface area (Å²) in [6.07, 6.45) is -0.00773. The van der Waals surface area contributed by atoms with Crippen molar-refractivity contribution < 1.29 is 19.5 Å². The summed E-state index contributed by atoms with van der Waals surface area (Å²) in [7, 11) is 3.44. The first-order valence-corrected chi connectivity index (χ1v) is 9.40. The van der Waals surface area contributed by atoms with E-state index in [1.54, 1.807) is 42.1 Å². The van der Waals surface area contributed by atoms with Gasteiger partial charge in [-0.2, -0.15) is 0 Å². The van der Waals surface area contributed by atoms with Gasteiger partial charge in [-0.1, -0.05) is 30.3 Å². The summed E-state index contributed by atoms with van der Waals surface area (Å²) in [5, 5.41) is 11.6. The number of halogens is 1. The van der Waals surface area contributed by atoms with Crippen LogP contribution in [0.1, 0.15) is 35.3 Å². The van der Waals surface area contributed by atoms with Crippen molar-refractivity contribution in [3.05, 3.63) is 65.7 Å². The third kappa shape index (κ3) is 7.50. The highest BCUT2D eigenvalue weighted by Crippen LogP contribution is 2.22. The van der Waals surface area contributed by atoms with Crippen LogP contribution in [0.2, 0.25) is 0 Å². The van der Waals surface area contributed by atoms with E-state index in [1.807, 2.05) is 43.3 Å². The van der Waals surface area contributed by atoms with Crippen LogP contribution in [-0.4, -0.2) is 59.9 Å². The monoisotopic (exact) mass is 433 g/mol. The molecule has 0 heterocycles. The fourth-order valence-electron chi connectivity index (χ4n) is 2.82. The predicted octanol–water partition coefficient (Wildman–Crippen LogP) is 3.29. The lowest BCUT2D eigenvalue weighted by molar-refractivity contribution is -0.138. The van der Waals surface area contributed by atoms with Crippen molar-refractivity contribution >= 4 is 35.9 Å². The van der Waals surface area contributed by atoms with Crippen molar-refractivity contribution in [2.45, 2.75) is 19.4 Å². The lowest BCUT2D eigenvalue weighted by Crippen LogP contribution is -2.38. The Hall–Kier alpha value is -2.90. The van der Waals surface area contributed by atoms with Crippen LogP contribution >= 0.6 is 12.4 Å². The molecule has 2 aromatic carbocycles. The van der Waals surface area contributed by atoms with Gasteiger partial charge >= 0.3 is 5.97 Å². The highest BCUT2D eigenvalue weighted by atomic mass is 35.5. The molecule has 162 valence electrons. The molecule has 0 fully saturated rings. The molecule has 7 nitrogen and oxygen atoms in total. The Kier molecular flexibility index (Phi) is 10.0. The summed E-state index contributed by atoms with van der Waals surface area (Å²) < 4.78 is 0. The van der Waals surface area contributed by atoms with Crippen LogP contribution in [-0.2, 0) is 9.59 Å². The highest BCUT2D eigenvalue weighted by Gasteiger charge is 2.19. The number of nitrogens with one attached hydrogen (secondary N) is 1. The molecular formula is C22H28ClN3O4. The molecule has 2 N–H and O–H groups in total. The van der Waals surface area contributed by atoms with Crippen LogP contribution in [0, 0.1) is 0 Å². The number of rotatable bonds is 9. The normalized spacial score (nSPS) is 11.3. The van der Waals surface area contributed by atoms with Crippen LogP contribution in [0.5, 0.6) is 0 Å². The molecule has 0 aliphatic heterocycles. The molecular weight excluding hydrogens is 406 g/mol. The number of hydrogen-bond acceptors (Lipinski definition) is 4. The Morgan fingerprint density at radius 2 is 1.70 bits per heavy atom. The predicted molar refractivity (Wildman–Crippen MR) is 119 cm³/mol. The lowest BCUT2D eigenvalue weighted by atomic mass is 10.1. The number of carbonyl (C=O) groups is 3. The molecule has 0 saturated heterocycles. The lowest BCUT2D eigenvalue weighted by Gasteiger charge is -2.27. The van der Waals surface area contributed by atoms with E-state index in [9.17, 15) is 14.4 Å². The molecule has 0 aliphatic carbocycles. The van der Waals surface area contributed by atoms with E-state index >= 15 is 0 Å². The zero-order valence-electron chi connectivity index (χ0n) is 17.4. The van der Waals surface area contributed by atoms with Crippen molar-refractivity contribution in [3.8, 4) is 0 Å². The van der Waals surface area contributed by atoms with Crippen LogP contribution < -0.4 is 5.32 Å². The number of likely N-dealkylation sites (N-methyl/N-ethyl adjacent to an activating group) is 2. The SMILES string of the molecule is CC(c1cccc(NC(=O)c2ccccc2)c1)N(C)C(=O)CN(C)CCC(=O)O.Cl. The average molecular weight is 434 g/mol. The van der Waals surface area contributed by atoms with E-state index in [0.717, 1.165) is 5.56 Å². The molecule has 2 aromatic rings. The fourth-order valence-corrected chi connectivity index (χ4v) is 2.82. The largest absolute Gasteiger partial charge is 0.481 e. The third-order valence-corrected chi connectivity index (χ3v) is 4.75. The second-order valence-electron chi connectivity index (χ2n) is 7.01. The Morgan fingerprint density at radius 3 is 2.33 bits per heavy atom. The molecule has 2 amide bonds. The minimum atomic E-state index is -0.889. The van der Waals surface area contributed by atoms with Crippen LogP contribution in [0.15, 0.2) is 54.6 Å². The molecule has 0 bridgehead atoms. The number of nitrogens with zero attached hydrogens (tertiary/aromatic N) is 2. The average Bonchev–Trinajstić information content (AvgIpc) is 2.72. The summed E-state index contributed by atoms with van der Waals surface area (Å²) in [5.74, 6) is -1.19.